The van der Waals surface area contributed by atoms with E-state index in [9.17, 15) is 4.79 Å². The second kappa shape index (κ2) is 4.71. The highest BCUT2D eigenvalue weighted by Crippen LogP contribution is 2.18. The number of carbonyl (C=O) groups is 1. The van der Waals surface area contributed by atoms with Gasteiger partial charge in [-0.25, -0.2) is 4.98 Å². The van der Waals surface area contributed by atoms with Crippen LogP contribution in [0.25, 0.3) is 0 Å². The first-order valence-corrected chi connectivity index (χ1v) is 5.75. The highest BCUT2D eigenvalue weighted by molar-refractivity contribution is 5.92. The Labute approximate surface area is 100 Å². The molecule has 0 radical (unpaired) electrons. The molecule has 0 saturated carbocycles. The number of hydrogen-bond acceptors (Lipinski definition) is 4. The van der Waals surface area contributed by atoms with Crippen molar-refractivity contribution in [1.82, 2.24) is 9.88 Å². The Bertz CT molecular complexity index is 429. The van der Waals surface area contributed by atoms with Crippen LogP contribution in [0.5, 0.6) is 0 Å². The summed E-state index contributed by atoms with van der Waals surface area (Å²) in [6.07, 6.45) is 5.30. The zero-order chi connectivity index (χ0) is 12.4. The molecule has 92 valence electrons. The molecular formula is C12H17N3O2. The van der Waals surface area contributed by atoms with Crippen molar-refractivity contribution in [3.05, 3.63) is 30.0 Å². The van der Waals surface area contributed by atoms with Gasteiger partial charge in [0.2, 0.25) is 5.89 Å². The number of nitrogens with two attached hydrogens (primary N) is 1. The number of carbonyl (C=O) groups excluding carboxylic acids is 1. The van der Waals surface area contributed by atoms with E-state index >= 15 is 0 Å². The number of rotatable bonds is 3. The van der Waals surface area contributed by atoms with Crippen LogP contribution in [0, 0.1) is 5.92 Å². The first-order valence-electron chi connectivity index (χ1n) is 5.75. The molecule has 1 amide bonds. The molecule has 5 nitrogen and oxygen atoms in total. The molecule has 0 aromatic carbocycles. The summed E-state index contributed by atoms with van der Waals surface area (Å²) < 4.78 is 5.26. The third-order valence-corrected chi connectivity index (χ3v) is 2.85. The molecule has 1 aliphatic heterocycles. The molecule has 1 aliphatic rings. The molecule has 2 rings (SSSR count). The van der Waals surface area contributed by atoms with Crippen LogP contribution < -0.4 is 5.73 Å². The lowest BCUT2D eigenvalue weighted by Gasteiger charge is -2.13. The third kappa shape index (κ3) is 2.39. The Morgan fingerprint density at radius 1 is 1.47 bits per heavy atom. The van der Waals surface area contributed by atoms with Gasteiger partial charge in [0, 0.05) is 13.1 Å². The maximum absolute atomic E-state index is 12.0. The normalized spacial score (nSPS) is 16.8. The van der Waals surface area contributed by atoms with Gasteiger partial charge in [-0.2, -0.15) is 0 Å². The number of hydrogen-bond donors (Lipinski definition) is 1. The van der Waals surface area contributed by atoms with E-state index in [0.29, 0.717) is 24.7 Å². The molecule has 0 bridgehead atoms. The fourth-order valence-corrected chi connectivity index (χ4v) is 1.63. The van der Waals surface area contributed by atoms with Gasteiger partial charge in [-0.15, -0.1) is 0 Å². The van der Waals surface area contributed by atoms with Gasteiger partial charge in [0.1, 0.15) is 6.26 Å². The van der Waals surface area contributed by atoms with Gasteiger partial charge in [0.25, 0.3) is 5.91 Å². The number of oxazole rings is 1. The van der Waals surface area contributed by atoms with Crippen molar-refractivity contribution in [3.63, 3.8) is 0 Å². The molecular weight excluding hydrogens is 218 g/mol. The average Bonchev–Trinajstić information content (AvgIpc) is 2.98. The van der Waals surface area contributed by atoms with Crippen LogP contribution >= 0.6 is 0 Å². The topological polar surface area (TPSA) is 72.4 Å². The van der Waals surface area contributed by atoms with Gasteiger partial charge in [0.15, 0.2) is 5.69 Å². The van der Waals surface area contributed by atoms with Crippen molar-refractivity contribution in [2.75, 3.05) is 13.1 Å². The summed E-state index contributed by atoms with van der Waals surface area (Å²) in [5.41, 5.74) is 6.24. The minimum Gasteiger partial charge on any atom is -0.446 e. The summed E-state index contributed by atoms with van der Waals surface area (Å²) in [5.74, 6) is 0.543. The lowest BCUT2D eigenvalue weighted by Crippen LogP contribution is -2.28. The predicted octanol–water partition coefficient (Wildman–Crippen LogP) is 1.34. The zero-order valence-electron chi connectivity index (χ0n) is 10.1. The molecule has 1 aromatic rings. The minimum absolute atomic E-state index is 0.110. The smallest absolute Gasteiger partial charge is 0.276 e. The Morgan fingerprint density at radius 3 is 2.71 bits per heavy atom. The van der Waals surface area contributed by atoms with Gasteiger partial charge in [-0.1, -0.05) is 26.0 Å². The Morgan fingerprint density at radius 2 is 2.12 bits per heavy atom. The predicted molar refractivity (Wildman–Crippen MR) is 63.3 cm³/mol. The first kappa shape index (κ1) is 11.9. The van der Waals surface area contributed by atoms with Crippen LogP contribution in [0.15, 0.2) is 22.8 Å². The van der Waals surface area contributed by atoms with Crippen LogP contribution in [0.4, 0.5) is 0 Å². The zero-order valence-corrected chi connectivity index (χ0v) is 10.1. The summed E-state index contributed by atoms with van der Waals surface area (Å²) in [7, 11) is 0. The molecule has 1 aromatic heterocycles. The Balaban J connectivity index is 2.10. The molecule has 1 atom stereocenters. The summed E-state index contributed by atoms with van der Waals surface area (Å²) >= 11 is 0. The van der Waals surface area contributed by atoms with Crippen LogP contribution in [0.1, 0.15) is 36.3 Å². The quantitative estimate of drug-likeness (QED) is 0.802. The van der Waals surface area contributed by atoms with E-state index in [2.05, 4.69) is 4.98 Å². The van der Waals surface area contributed by atoms with E-state index in [-0.39, 0.29) is 17.9 Å². The molecule has 2 N–H and O–H groups in total. The number of amides is 1. The maximum atomic E-state index is 12.0. The molecule has 5 heteroatoms. The van der Waals surface area contributed by atoms with Crippen molar-refractivity contribution in [2.24, 2.45) is 11.7 Å². The van der Waals surface area contributed by atoms with E-state index in [1.807, 2.05) is 26.0 Å². The number of nitrogens with zero attached hydrogens (tertiary/aromatic N) is 2. The first-order chi connectivity index (χ1) is 8.09. The summed E-state index contributed by atoms with van der Waals surface area (Å²) in [5, 5.41) is 0. The van der Waals surface area contributed by atoms with Crippen LogP contribution in [-0.4, -0.2) is 28.9 Å². The summed E-state index contributed by atoms with van der Waals surface area (Å²) in [6, 6.07) is -0.270. The Kier molecular flexibility index (Phi) is 3.28. The summed E-state index contributed by atoms with van der Waals surface area (Å²) in [6.45, 7) is 5.25. The van der Waals surface area contributed by atoms with Crippen molar-refractivity contribution in [3.8, 4) is 0 Å². The largest absolute Gasteiger partial charge is 0.446 e. The van der Waals surface area contributed by atoms with Crippen molar-refractivity contribution < 1.29 is 9.21 Å². The monoisotopic (exact) mass is 235 g/mol. The van der Waals surface area contributed by atoms with Crippen LogP contribution in [-0.2, 0) is 0 Å². The lowest BCUT2D eigenvalue weighted by atomic mass is 10.1. The van der Waals surface area contributed by atoms with Gasteiger partial charge in [-0.3, -0.25) is 4.79 Å². The van der Waals surface area contributed by atoms with Crippen LogP contribution in [0.3, 0.4) is 0 Å². The second-order valence-corrected chi connectivity index (χ2v) is 4.52. The average molecular weight is 235 g/mol. The van der Waals surface area contributed by atoms with E-state index in [1.165, 1.54) is 6.26 Å². The van der Waals surface area contributed by atoms with E-state index in [1.54, 1.807) is 4.90 Å². The van der Waals surface area contributed by atoms with E-state index in [0.717, 1.165) is 0 Å². The van der Waals surface area contributed by atoms with Gasteiger partial charge in [0.05, 0.1) is 6.04 Å². The van der Waals surface area contributed by atoms with Gasteiger partial charge < -0.3 is 15.1 Å². The molecule has 17 heavy (non-hydrogen) atoms. The lowest BCUT2D eigenvalue weighted by molar-refractivity contribution is 0.0794. The van der Waals surface area contributed by atoms with Gasteiger partial charge in [-0.05, 0) is 5.92 Å². The van der Waals surface area contributed by atoms with Gasteiger partial charge >= 0.3 is 0 Å². The fourth-order valence-electron chi connectivity index (χ4n) is 1.63. The molecule has 2 heterocycles. The molecule has 0 saturated heterocycles. The Hall–Kier alpha value is -1.62. The third-order valence-electron chi connectivity index (χ3n) is 2.85. The molecule has 1 unspecified atom stereocenters. The van der Waals surface area contributed by atoms with Crippen molar-refractivity contribution in [1.29, 1.82) is 0 Å². The van der Waals surface area contributed by atoms with E-state index < -0.39 is 0 Å². The van der Waals surface area contributed by atoms with Crippen molar-refractivity contribution >= 4 is 5.91 Å². The molecule has 0 aliphatic carbocycles. The SMILES string of the molecule is CC(C)C(N)c1nc(C(=O)N2CC=CC2)co1. The fraction of sp³-hybridized carbons (Fsp3) is 0.500. The molecule has 0 fully saturated rings. The highest BCUT2D eigenvalue weighted by Gasteiger charge is 2.23. The molecule has 0 spiro atoms. The second-order valence-electron chi connectivity index (χ2n) is 4.52. The highest BCUT2D eigenvalue weighted by atomic mass is 16.3. The maximum Gasteiger partial charge on any atom is 0.276 e. The van der Waals surface area contributed by atoms with Crippen molar-refractivity contribution in [2.45, 2.75) is 19.9 Å². The number of aromatic nitrogens is 1. The van der Waals surface area contributed by atoms with E-state index in [4.69, 9.17) is 10.2 Å². The summed E-state index contributed by atoms with van der Waals surface area (Å²) in [4.78, 5) is 17.8. The van der Waals surface area contributed by atoms with Crippen LogP contribution in [0.2, 0.25) is 0 Å². The minimum atomic E-state index is -0.270. The standard InChI is InChI=1S/C12H17N3O2/c1-8(2)10(13)11-14-9(7-17-11)12(16)15-5-3-4-6-15/h3-4,7-8,10H,5-6,13H2,1-2H3.